The molecule has 1 aliphatic rings. The highest BCUT2D eigenvalue weighted by Crippen LogP contribution is 2.26. The maximum atomic E-state index is 12.3. The largest absolute Gasteiger partial charge is 0.348 e. The minimum absolute atomic E-state index is 0.00558. The Labute approximate surface area is 128 Å². The van der Waals surface area contributed by atoms with Crippen molar-refractivity contribution in [2.75, 3.05) is 6.54 Å². The van der Waals surface area contributed by atoms with Crippen molar-refractivity contribution in [2.24, 2.45) is 11.7 Å². The van der Waals surface area contributed by atoms with Crippen molar-refractivity contribution < 1.29 is 4.79 Å². The summed E-state index contributed by atoms with van der Waals surface area (Å²) in [5.74, 6) is 0.551. The van der Waals surface area contributed by atoms with Crippen LogP contribution in [0, 0.1) is 9.49 Å². The van der Waals surface area contributed by atoms with Gasteiger partial charge in [0, 0.05) is 16.2 Å². The first-order valence-corrected chi connectivity index (χ1v) is 8.05. The Morgan fingerprint density at radius 1 is 1.32 bits per heavy atom. The summed E-state index contributed by atoms with van der Waals surface area (Å²) in [5, 5.41) is 3.12. The number of halogens is 1. The molecule has 0 aromatic heterocycles. The molecule has 3 N–H and O–H groups in total. The lowest BCUT2D eigenvalue weighted by atomic mass is 9.84. The molecule has 3 nitrogen and oxygen atoms in total. The van der Waals surface area contributed by atoms with E-state index in [1.54, 1.807) is 0 Å². The summed E-state index contributed by atoms with van der Waals surface area (Å²) < 4.78 is 0.983. The van der Waals surface area contributed by atoms with E-state index in [2.05, 4.69) is 27.9 Å². The van der Waals surface area contributed by atoms with E-state index in [1.807, 2.05) is 24.3 Å². The first-order chi connectivity index (χ1) is 9.22. The minimum Gasteiger partial charge on any atom is -0.348 e. The van der Waals surface area contributed by atoms with Gasteiger partial charge in [-0.2, -0.15) is 0 Å². The van der Waals surface area contributed by atoms with E-state index in [1.165, 1.54) is 32.1 Å². The minimum atomic E-state index is 0.00558. The van der Waals surface area contributed by atoms with Gasteiger partial charge in [0.25, 0.3) is 5.91 Å². The number of amides is 1. The number of benzene rings is 1. The normalized spacial score (nSPS) is 18.0. The summed E-state index contributed by atoms with van der Waals surface area (Å²) in [5.41, 5.74) is 6.60. The second kappa shape index (κ2) is 7.24. The van der Waals surface area contributed by atoms with Gasteiger partial charge in [-0.1, -0.05) is 31.4 Å². The molecule has 0 heterocycles. The van der Waals surface area contributed by atoms with Gasteiger partial charge in [0.15, 0.2) is 0 Å². The second-order valence-electron chi connectivity index (χ2n) is 5.19. The third kappa shape index (κ3) is 3.92. The predicted octanol–water partition coefficient (Wildman–Crippen LogP) is 2.93. The third-order valence-corrected chi connectivity index (χ3v) is 4.85. The number of hydrogen-bond acceptors (Lipinski definition) is 2. The van der Waals surface area contributed by atoms with Crippen LogP contribution in [0.3, 0.4) is 0 Å². The van der Waals surface area contributed by atoms with E-state index in [9.17, 15) is 4.79 Å². The fourth-order valence-electron chi connectivity index (χ4n) is 2.80. The maximum Gasteiger partial charge on any atom is 0.252 e. The van der Waals surface area contributed by atoms with Crippen LogP contribution in [0.25, 0.3) is 0 Å². The van der Waals surface area contributed by atoms with E-state index >= 15 is 0 Å². The summed E-state index contributed by atoms with van der Waals surface area (Å²) in [7, 11) is 0. The van der Waals surface area contributed by atoms with Crippen LogP contribution in [-0.2, 0) is 0 Å². The van der Waals surface area contributed by atoms with Crippen LogP contribution in [0.2, 0.25) is 0 Å². The Morgan fingerprint density at radius 2 is 2.00 bits per heavy atom. The number of carbonyl (C=O) groups is 1. The van der Waals surface area contributed by atoms with E-state index in [0.29, 0.717) is 12.5 Å². The van der Waals surface area contributed by atoms with Crippen molar-refractivity contribution in [1.29, 1.82) is 0 Å². The lowest BCUT2D eigenvalue weighted by Gasteiger charge is -2.30. The SMILES string of the molecule is NCC(NC(=O)c1ccccc1I)C1CCCCC1. The van der Waals surface area contributed by atoms with Crippen LogP contribution in [0.5, 0.6) is 0 Å². The topological polar surface area (TPSA) is 55.1 Å². The molecule has 4 heteroatoms. The molecule has 1 atom stereocenters. The van der Waals surface area contributed by atoms with Crippen molar-refractivity contribution in [3.05, 3.63) is 33.4 Å². The van der Waals surface area contributed by atoms with E-state index in [-0.39, 0.29) is 11.9 Å². The first kappa shape index (κ1) is 14.8. The van der Waals surface area contributed by atoms with E-state index in [0.717, 1.165) is 9.13 Å². The summed E-state index contributed by atoms with van der Waals surface area (Å²) in [6, 6.07) is 7.78. The zero-order valence-electron chi connectivity index (χ0n) is 11.1. The zero-order valence-corrected chi connectivity index (χ0v) is 13.2. The van der Waals surface area contributed by atoms with Gasteiger partial charge in [-0.05, 0) is 53.5 Å². The van der Waals surface area contributed by atoms with Crippen LogP contribution in [0.15, 0.2) is 24.3 Å². The Balaban J connectivity index is 2.01. The molecule has 1 saturated carbocycles. The molecule has 1 aliphatic carbocycles. The molecular formula is C15H21IN2O. The number of carbonyl (C=O) groups excluding carboxylic acids is 1. The summed E-state index contributed by atoms with van der Waals surface area (Å²) in [4.78, 5) is 12.3. The third-order valence-electron chi connectivity index (χ3n) is 3.91. The van der Waals surface area contributed by atoms with Crippen molar-refractivity contribution in [3.8, 4) is 0 Å². The van der Waals surface area contributed by atoms with Crippen LogP contribution in [0.1, 0.15) is 42.5 Å². The molecule has 0 spiro atoms. The van der Waals surface area contributed by atoms with Crippen LogP contribution in [0.4, 0.5) is 0 Å². The Morgan fingerprint density at radius 3 is 2.63 bits per heavy atom. The Kier molecular flexibility index (Phi) is 5.63. The molecule has 0 aliphatic heterocycles. The predicted molar refractivity (Wildman–Crippen MR) is 86.0 cm³/mol. The highest BCUT2D eigenvalue weighted by atomic mass is 127. The first-order valence-electron chi connectivity index (χ1n) is 6.98. The van der Waals surface area contributed by atoms with Gasteiger partial charge in [-0.15, -0.1) is 0 Å². The molecule has 1 aromatic carbocycles. The van der Waals surface area contributed by atoms with Gasteiger partial charge < -0.3 is 11.1 Å². The molecule has 1 aromatic rings. The fourth-order valence-corrected chi connectivity index (χ4v) is 3.43. The van der Waals surface area contributed by atoms with Gasteiger partial charge in [-0.3, -0.25) is 4.79 Å². The quantitative estimate of drug-likeness (QED) is 0.799. The van der Waals surface area contributed by atoms with Gasteiger partial charge in [-0.25, -0.2) is 0 Å². The molecule has 1 amide bonds. The molecule has 1 fully saturated rings. The van der Waals surface area contributed by atoms with Crippen molar-refractivity contribution in [3.63, 3.8) is 0 Å². The molecule has 1 unspecified atom stereocenters. The van der Waals surface area contributed by atoms with Gasteiger partial charge in [0.2, 0.25) is 0 Å². The molecular weight excluding hydrogens is 351 g/mol. The Bertz CT molecular complexity index is 430. The van der Waals surface area contributed by atoms with Gasteiger partial charge in [0.1, 0.15) is 0 Å². The average Bonchev–Trinajstić information content (AvgIpc) is 2.46. The van der Waals surface area contributed by atoms with Crippen molar-refractivity contribution >= 4 is 28.5 Å². The average molecular weight is 372 g/mol. The lowest BCUT2D eigenvalue weighted by Crippen LogP contribution is -2.46. The monoisotopic (exact) mass is 372 g/mol. The summed E-state index contributed by atoms with van der Waals surface area (Å²) >= 11 is 2.20. The van der Waals surface area contributed by atoms with Gasteiger partial charge in [0.05, 0.1) is 5.56 Å². The fraction of sp³-hybridized carbons (Fsp3) is 0.533. The van der Waals surface area contributed by atoms with Crippen LogP contribution >= 0.6 is 22.6 Å². The number of hydrogen-bond donors (Lipinski definition) is 2. The summed E-state index contributed by atoms with van der Waals surface area (Å²) in [6.45, 7) is 0.528. The van der Waals surface area contributed by atoms with Crippen LogP contribution in [-0.4, -0.2) is 18.5 Å². The highest BCUT2D eigenvalue weighted by Gasteiger charge is 2.24. The standard InChI is InChI=1S/C15H21IN2O/c16-13-9-5-4-8-12(13)15(19)18-14(10-17)11-6-2-1-3-7-11/h4-5,8-9,11,14H,1-3,6-7,10,17H2,(H,18,19). The van der Waals surface area contributed by atoms with E-state index in [4.69, 9.17) is 5.73 Å². The van der Waals surface area contributed by atoms with Crippen LogP contribution < -0.4 is 11.1 Å². The second-order valence-corrected chi connectivity index (χ2v) is 6.36. The molecule has 2 rings (SSSR count). The Hall–Kier alpha value is -0.620. The number of nitrogens with one attached hydrogen (secondary N) is 1. The molecule has 0 radical (unpaired) electrons. The van der Waals surface area contributed by atoms with Crippen molar-refractivity contribution in [1.82, 2.24) is 5.32 Å². The molecule has 19 heavy (non-hydrogen) atoms. The molecule has 104 valence electrons. The van der Waals surface area contributed by atoms with Gasteiger partial charge >= 0.3 is 0 Å². The number of nitrogens with two attached hydrogens (primary N) is 1. The number of rotatable bonds is 4. The summed E-state index contributed by atoms with van der Waals surface area (Å²) in [6.07, 6.45) is 6.22. The molecule has 0 saturated heterocycles. The maximum absolute atomic E-state index is 12.3. The van der Waals surface area contributed by atoms with E-state index < -0.39 is 0 Å². The molecule has 0 bridgehead atoms. The zero-order chi connectivity index (χ0) is 13.7. The smallest absolute Gasteiger partial charge is 0.252 e. The highest BCUT2D eigenvalue weighted by molar-refractivity contribution is 14.1. The lowest BCUT2D eigenvalue weighted by molar-refractivity contribution is 0.0914. The van der Waals surface area contributed by atoms with Crippen molar-refractivity contribution in [2.45, 2.75) is 38.1 Å².